The first-order chi connectivity index (χ1) is 12.7. The summed E-state index contributed by atoms with van der Waals surface area (Å²) >= 11 is 0. The number of para-hydroxylation sites is 1. The maximum atomic E-state index is 13.3. The van der Waals surface area contributed by atoms with Gasteiger partial charge in [-0.25, -0.2) is 0 Å². The number of amides is 1. The molecule has 5 rings (SSSR count). The van der Waals surface area contributed by atoms with Crippen LogP contribution in [0.2, 0.25) is 0 Å². The topological polar surface area (TPSA) is 63.9 Å². The lowest BCUT2D eigenvalue weighted by Gasteiger charge is -2.36. The van der Waals surface area contributed by atoms with E-state index in [1.165, 1.54) is 0 Å². The van der Waals surface area contributed by atoms with Gasteiger partial charge in [0.05, 0.1) is 11.3 Å². The monoisotopic (exact) mass is 348 g/mol. The zero-order chi connectivity index (χ0) is 17.7. The molecule has 1 aromatic heterocycles. The summed E-state index contributed by atoms with van der Waals surface area (Å²) in [6.45, 7) is 2.07. The van der Waals surface area contributed by atoms with Gasteiger partial charge in [-0.3, -0.25) is 9.69 Å². The van der Waals surface area contributed by atoms with Crippen LogP contribution in [0.15, 0.2) is 59.0 Å². The molecule has 6 heteroatoms. The highest BCUT2D eigenvalue weighted by Gasteiger charge is 2.36. The number of carbonyl (C=O) groups is 1. The van der Waals surface area contributed by atoms with Gasteiger partial charge < -0.3 is 19.2 Å². The minimum atomic E-state index is -0.452. The van der Waals surface area contributed by atoms with E-state index in [4.69, 9.17) is 13.9 Å². The maximum absolute atomic E-state index is 13.3. The first-order valence-electron chi connectivity index (χ1n) is 8.36. The molecule has 0 saturated carbocycles. The summed E-state index contributed by atoms with van der Waals surface area (Å²) in [7, 11) is 0. The Bertz CT molecular complexity index is 1010. The number of carbonyl (C=O) groups excluding carboxylic acids is 1. The van der Waals surface area contributed by atoms with E-state index >= 15 is 0 Å². The normalized spacial score (nSPS) is 17.8. The van der Waals surface area contributed by atoms with Crippen LogP contribution in [0.5, 0.6) is 11.5 Å². The molecule has 0 bridgehead atoms. The Hall–Kier alpha value is -3.41. The van der Waals surface area contributed by atoms with Crippen molar-refractivity contribution in [3.63, 3.8) is 0 Å². The van der Waals surface area contributed by atoms with Gasteiger partial charge in [0.15, 0.2) is 17.7 Å². The Morgan fingerprint density at radius 1 is 1.04 bits per heavy atom. The molecule has 2 aliphatic rings. The smallest absolute Gasteiger partial charge is 0.262 e. The third-order valence-corrected chi connectivity index (χ3v) is 4.59. The zero-order valence-corrected chi connectivity index (χ0v) is 14.1. The summed E-state index contributed by atoms with van der Waals surface area (Å²) < 4.78 is 16.7. The van der Waals surface area contributed by atoms with Crippen LogP contribution in [-0.4, -0.2) is 12.7 Å². The summed E-state index contributed by atoms with van der Waals surface area (Å²) in [6, 6.07) is 16.7. The predicted octanol–water partition coefficient (Wildman–Crippen LogP) is 4.09. The molecular formula is C20H16N2O4. The first kappa shape index (κ1) is 14.9. The first-order valence-corrected chi connectivity index (χ1v) is 8.36. The Kier molecular flexibility index (Phi) is 3.18. The number of hydrogen-bond acceptors (Lipinski definition) is 5. The highest BCUT2D eigenvalue weighted by Crippen LogP contribution is 2.41. The summed E-state index contributed by atoms with van der Waals surface area (Å²) in [5.74, 6) is 2.67. The second kappa shape index (κ2) is 5.56. The van der Waals surface area contributed by atoms with Gasteiger partial charge in [0.1, 0.15) is 11.5 Å². The number of rotatable bonds is 2. The molecule has 2 aliphatic heterocycles. The van der Waals surface area contributed by atoms with Crippen LogP contribution in [0, 0.1) is 6.92 Å². The summed E-state index contributed by atoms with van der Waals surface area (Å²) in [5, 5.41) is 3.41. The van der Waals surface area contributed by atoms with Crippen LogP contribution in [0.1, 0.15) is 28.0 Å². The van der Waals surface area contributed by atoms with E-state index in [2.05, 4.69) is 5.32 Å². The molecular weight excluding hydrogens is 332 g/mol. The van der Waals surface area contributed by atoms with Crippen LogP contribution < -0.4 is 19.7 Å². The SMILES string of the molecule is Cc1ccc([C@@H]2Nc3ccccc3C(=O)N2c2ccc3c(c2)OCO3)o1. The number of benzene rings is 2. The molecule has 3 heterocycles. The second-order valence-corrected chi connectivity index (χ2v) is 6.25. The minimum Gasteiger partial charge on any atom is -0.462 e. The van der Waals surface area contributed by atoms with E-state index in [1.807, 2.05) is 61.5 Å². The molecule has 0 radical (unpaired) electrons. The molecule has 6 nitrogen and oxygen atoms in total. The number of furan rings is 1. The van der Waals surface area contributed by atoms with E-state index in [0.717, 1.165) is 11.4 Å². The maximum Gasteiger partial charge on any atom is 0.262 e. The van der Waals surface area contributed by atoms with Crippen LogP contribution in [0.4, 0.5) is 11.4 Å². The standard InChI is InChI=1S/C20H16N2O4/c1-12-6-8-17(26-12)19-21-15-5-3-2-4-14(15)20(23)22(19)13-7-9-16-18(10-13)25-11-24-16/h2-10,19,21H,11H2,1H3/t19-/m1/s1. The summed E-state index contributed by atoms with van der Waals surface area (Å²) in [6.07, 6.45) is -0.452. The van der Waals surface area contributed by atoms with E-state index in [-0.39, 0.29) is 12.7 Å². The van der Waals surface area contributed by atoms with Crippen molar-refractivity contribution in [3.8, 4) is 11.5 Å². The molecule has 2 aromatic carbocycles. The molecule has 1 N–H and O–H groups in total. The molecule has 0 aliphatic carbocycles. The average Bonchev–Trinajstić information content (AvgIpc) is 3.29. The second-order valence-electron chi connectivity index (χ2n) is 6.25. The van der Waals surface area contributed by atoms with Crippen LogP contribution >= 0.6 is 0 Å². The van der Waals surface area contributed by atoms with E-state index in [1.54, 1.807) is 4.90 Å². The predicted molar refractivity (Wildman–Crippen MR) is 95.6 cm³/mol. The number of ether oxygens (including phenoxy) is 2. The Labute approximate surface area is 149 Å². The Morgan fingerprint density at radius 2 is 1.88 bits per heavy atom. The molecule has 130 valence electrons. The summed E-state index contributed by atoms with van der Waals surface area (Å²) in [4.78, 5) is 15.0. The molecule has 0 saturated heterocycles. The van der Waals surface area contributed by atoms with Crippen molar-refractivity contribution >= 4 is 17.3 Å². The van der Waals surface area contributed by atoms with Crippen molar-refractivity contribution in [2.24, 2.45) is 0 Å². The highest BCUT2D eigenvalue weighted by molar-refractivity contribution is 6.12. The van der Waals surface area contributed by atoms with Gasteiger partial charge in [-0.05, 0) is 43.3 Å². The fourth-order valence-electron chi connectivity index (χ4n) is 3.35. The van der Waals surface area contributed by atoms with Crippen molar-refractivity contribution in [3.05, 3.63) is 71.7 Å². The van der Waals surface area contributed by atoms with E-state index in [9.17, 15) is 4.79 Å². The molecule has 26 heavy (non-hydrogen) atoms. The number of nitrogens with zero attached hydrogens (tertiary/aromatic N) is 1. The Morgan fingerprint density at radius 3 is 2.73 bits per heavy atom. The third kappa shape index (κ3) is 2.23. The van der Waals surface area contributed by atoms with E-state index in [0.29, 0.717) is 28.5 Å². The number of anilines is 2. The van der Waals surface area contributed by atoms with Crippen molar-refractivity contribution in [2.45, 2.75) is 13.1 Å². The van der Waals surface area contributed by atoms with Crippen LogP contribution in [0.3, 0.4) is 0 Å². The molecule has 3 aromatic rings. The number of fused-ring (bicyclic) bond motifs is 2. The van der Waals surface area contributed by atoms with Crippen molar-refractivity contribution in [1.82, 2.24) is 0 Å². The molecule has 1 amide bonds. The fourth-order valence-corrected chi connectivity index (χ4v) is 3.35. The molecule has 1 atom stereocenters. The largest absolute Gasteiger partial charge is 0.462 e. The molecule has 0 fully saturated rings. The Balaban J connectivity index is 1.65. The number of hydrogen-bond donors (Lipinski definition) is 1. The minimum absolute atomic E-state index is 0.0998. The van der Waals surface area contributed by atoms with Crippen molar-refractivity contribution < 1.29 is 18.7 Å². The van der Waals surface area contributed by atoms with E-state index < -0.39 is 6.17 Å². The lowest BCUT2D eigenvalue weighted by molar-refractivity contribution is 0.0971. The highest BCUT2D eigenvalue weighted by atomic mass is 16.7. The van der Waals surface area contributed by atoms with Crippen LogP contribution in [0.25, 0.3) is 0 Å². The van der Waals surface area contributed by atoms with Crippen LogP contribution in [-0.2, 0) is 0 Å². The van der Waals surface area contributed by atoms with Gasteiger partial charge in [-0.2, -0.15) is 0 Å². The number of nitrogens with one attached hydrogen (secondary N) is 1. The summed E-state index contributed by atoms with van der Waals surface area (Å²) in [5.41, 5.74) is 2.11. The lowest BCUT2D eigenvalue weighted by Crippen LogP contribution is -2.43. The third-order valence-electron chi connectivity index (χ3n) is 4.59. The van der Waals surface area contributed by atoms with Gasteiger partial charge >= 0.3 is 0 Å². The number of aryl methyl sites for hydroxylation is 1. The van der Waals surface area contributed by atoms with Gasteiger partial charge in [-0.1, -0.05) is 12.1 Å². The fraction of sp³-hybridized carbons (Fsp3) is 0.150. The zero-order valence-electron chi connectivity index (χ0n) is 14.1. The molecule has 0 unspecified atom stereocenters. The average molecular weight is 348 g/mol. The van der Waals surface area contributed by atoms with Gasteiger partial charge in [0, 0.05) is 11.8 Å². The van der Waals surface area contributed by atoms with Gasteiger partial charge in [0.2, 0.25) is 6.79 Å². The van der Waals surface area contributed by atoms with Crippen molar-refractivity contribution in [1.29, 1.82) is 0 Å². The van der Waals surface area contributed by atoms with Gasteiger partial charge in [-0.15, -0.1) is 0 Å². The van der Waals surface area contributed by atoms with Crippen molar-refractivity contribution in [2.75, 3.05) is 17.0 Å². The molecule has 0 spiro atoms. The van der Waals surface area contributed by atoms with Gasteiger partial charge in [0.25, 0.3) is 5.91 Å². The lowest BCUT2D eigenvalue weighted by atomic mass is 10.1. The quantitative estimate of drug-likeness (QED) is 0.756.